The van der Waals surface area contributed by atoms with E-state index in [9.17, 15) is 0 Å². The number of aromatic nitrogens is 2. The topological polar surface area (TPSA) is 8.81 Å². The van der Waals surface area contributed by atoms with Crippen molar-refractivity contribution in [2.75, 3.05) is 0 Å². The van der Waals surface area contributed by atoms with Gasteiger partial charge in [-0.15, -0.1) is 0 Å². The zero-order chi connectivity index (χ0) is 10.9. The highest BCUT2D eigenvalue weighted by atomic mass is 15.1. The molecule has 1 rings (SSSR count). The fourth-order valence-corrected chi connectivity index (χ4v) is 1.62. The van der Waals surface area contributed by atoms with E-state index in [1.54, 1.807) is 0 Å². The molecule has 0 N–H and O–H groups in total. The van der Waals surface area contributed by atoms with Gasteiger partial charge in [0.25, 0.3) is 0 Å². The van der Waals surface area contributed by atoms with Crippen LogP contribution in [0.25, 0.3) is 6.20 Å². The van der Waals surface area contributed by atoms with Crippen molar-refractivity contribution in [2.24, 2.45) is 7.05 Å². The Balaban J connectivity index is 2.07. The Morgan fingerprint density at radius 2 is 2.00 bits per heavy atom. The third kappa shape index (κ3) is 5.40. The van der Waals surface area contributed by atoms with Crippen LogP contribution in [-0.4, -0.2) is 4.57 Å². The first-order valence-corrected chi connectivity index (χ1v) is 6.02. The maximum atomic E-state index is 2.26. The maximum absolute atomic E-state index is 2.26. The highest BCUT2D eigenvalue weighted by Gasteiger charge is 1.93. The summed E-state index contributed by atoms with van der Waals surface area (Å²) in [4.78, 5) is 0. The Bertz CT molecular complexity index is 286. The smallest absolute Gasteiger partial charge is 0.239 e. The van der Waals surface area contributed by atoms with Crippen LogP contribution in [0, 0.1) is 0 Å². The van der Waals surface area contributed by atoms with Crippen molar-refractivity contribution in [3.05, 3.63) is 24.8 Å². The predicted octanol–water partition coefficient (Wildman–Crippen LogP) is 3.14. The lowest BCUT2D eigenvalue weighted by Crippen LogP contribution is -2.23. The zero-order valence-corrected chi connectivity index (χ0v) is 10.0. The van der Waals surface area contributed by atoms with Crippen LogP contribution in [0.15, 0.2) is 24.8 Å². The lowest BCUT2D eigenvalue weighted by Gasteiger charge is -1.95. The van der Waals surface area contributed by atoms with Crippen LogP contribution in [0.3, 0.4) is 0 Å². The minimum absolute atomic E-state index is 1.20. The molecule has 0 saturated heterocycles. The Hall–Kier alpha value is -1.05. The highest BCUT2D eigenvalue weighted by molar-refractivity contribution is 5.19. The number of hydrogen-bond acceptors (Lipinski definition) is 0. The van der Waals surface area contributed by atoms with E-state index in [1.165, 1.54) is 38.5 Å². The number of nitrogens with zero attached hydrogens (tertiary/aromatic N) is 2. The summed E-state index contributed by atoms with van der Waals surface area (Å²) in [6, 6.07) is 0. The molecule has 1 aromatic rings. The maximum Gasteiger partial charge on any atom is 0.248 e. The highest BCUT2D eigenvalue weighted by Crippen LogP contribution is 2.05. The average molecular weight is 207 g/mol. The molecule has 1 heterocycles. The monoisotopic (exact) mass is 207 g/mol. The first kappa shape index (κ1) is 12.0. The average Bonchev–Trinajstić information content (AvgIpc) is 2.63. The van der Waals surface area contributed by atoms with Gasteiger partial charge in [0, 0.05) is 0 Å². The zero-order valence-electron chi connectivity index (χ0n) is 10.0. The van der Waals surface area contributed by atoms with E-state index in [0.29, 0.717) is 0 Å². The first-order chi connectivity index (χ1) is 7.33. The summed E-state index contributed by atoms with van der Waals surface area (Å²) in [6.45, 7) is 2.26. The van der Waals surface area contributed by atoms with E-state index in [1.807, 2.05) is 17.8 Å². The van der Waals surface area contributed by atoms with Gasteiger partial charge in [-0.1, -0.05) is 32.6 Å². The van der Waals surface area contributed by atoms with Crippen molar-refractivity contribution >= 4 is 6.20 Å². The number of unbranched alkanes of at least 4 members (excludes halogenated alkanes) is 5. The summed E-state index contributed by atoms with van der Waals surface area (Å²) < 4.78 is 4.14. The Labute approximate surface area is 93.2 Å². The van der Waals surface area contributed by atoms with Crippen molar-refractivity contribution in [1.29, 1.82) is 0 Å². The van der Waals surface area contributed by atoms with Crippen molar-refractivity contribution in [2.45, 2.75) is 45.4 Å². The lowest BCUT2D eigenvalue weighted by atomic mass is 10.1. The van der Waals surface area contributed by atoms with E-state index < -0.39 is 0 Å². The van der Waals surface area contributed by atoms with Gasteiger partial charge in [0.05, 0.1) is 13.2 Å². The summed E-state index contributed by atoms with van der Waals surface area (Å²) in [5.74, 6) is 0. The number of hydrogen-bond donors (Lipinski definition) is 0. The SMILES string of the molecule is CCCCCCCC=Cn1cc[n+](C)c1. The van der Waals surface area contributed by atoms with Crippen molar-refractivity contribution < 1.29 is 4.57 Å². The Morgan fingerprint density at radius 1 is 1.20 bits per heavy atom. The second-order valence-electron chi connectivity index (χ2n) is 4.11. The fourth-order valence-electron chi connectivity index (χ4n) is 1.62. The molecule has 0 aromatic carbocycles. The molecule has 0 fully saturated rings. The molecular formula is C13H23N2+. The third-order valence-electron chi connectivity index (χ3n) is 2.54. The van der Waals surface area contributed by atoms with E-state index in [4.69, 9.17) is 0 Å². The summed E-state index contributed by atoms with van der Waals surface area (Å²) in [5, 5.41) is 0. The van der Waals surface area contributed by atoms with Gasteiger partial charge in [0.2, 0.25) is 6.33 Å². The minimum atomic E-state index is 1.20. The minimum Gasteiger partial charge on any atom is -0.239 e. The van der Waals surface area contributed by atoms with Crippen LogP contribution in [-0.2, 0) is 7.05 Å². The van der Waals surface area contributed by atoms with E-state index >= 15 is 0 Å². The normalized spacial score (nSPS) is 11.3. The lowest BCUT2D eigenvalue weighted by molar-refractivity contribution is -0.670. The van der Waals surface area contributed by atoms with Gasteiger partial charge in [0.1, 0.15) is 12.4 Å². The molecule has 15 heavy (non-hydrogen) atoms. The predicted molar refractivity (Wildman–Crippen MR) is 64.3 cm³/mol. The van der Waals surface area contributed by atoms with Crippen LogP contribution in [0.5, 0.6) is 0 Å². The fraction of sp³-hybridized carbons (Fsp3) is 0.615. The molecule has 0 aliphatic heterocycles. The molecule has 2 heteroatoms. The van der Waals surface area contributed by atoms with E-state index in [0.717, 1.165) is 0 Å². The van der Waals surface area contributed by atoms with Gasteiger partial charge >= 0.3 is 0 Å². The molecular weight excluding hydrogens is 184 g/mol. The number of rotatable bonds is 7. The van der Waals surface area contributed by atoms with Crippen molar-refractivity contribution in [1.82, 2.24) is 4.57 Å². The molecule has 0 atom stereocenters. The molecule has 2 nitrogen and oxygen atoms in total. The second-order valence-corrected chi connectivity index (χ2v) is 4.11. The van der Waals surface area contributed by atoms with Crippen LogP contribution in [0.4, 0.5) is 0 Å². The molecule has 0 radical (unpaired) electrons. The molecule has 0 aliphatic carbocycles. The third-order valence-corrected chi connectivity index (χ3v) is 2.54. The van der Waals surface area contributed by atoms with Gasteiger partial charge in [-0.2, -0.15) is 0 Å². The van der Waals surface area contributed by atoms with Crippen LogP contribution in [0.2, 0.25) is 0 Å². The van der Waals surface area contributed by atoms with E-state index in [-0.39, 0.29) is 0 Å². The Kier molecular flexibility index (Phi) is 5.83. The van der Waals surface area contributed by atoms with Crippen LogP contribution in [0.1, 0.15) is 45.4 Å². The molecule has 0 spiro atoms. The number of allylic oxidation sites excluding steroid dienone is 1. The number of aryl methyl sites for hydroxylation is 1. The van der Waals surface area contributed by atoms with Crippen LogP contribution < -0.4 is 4.57 Å². The quantitative estimate of drug-likeness (QED) is 0.480. The van der Waals surface area contributed by atoms with Gasteiger partial charge < -0.3 is 0 Å². The first-order valence-electron chi connectivity index (χ1n) is 6.02. The molecule has 0 saturated carbocycles. The van der Waals surface area contributed by atoms with Gasteiger partial charge in [-0.3, -0.25) is 0 Å². The molecule has 84 valence electrons. The van der Waals surface area contributed by atoms with Gasteiger partial charge in [-0.25, -0.2) is 9.13 Å². The standard InChI is InChI=1S/C13H23N2/c1-3-4-5-6-7-8-9-10-15-12-11-14(2)13-15/h9-13H,3-8H2,1-2H3/q+1. The molecule has 0 aliphatic rings. The summed E-state index contributed by atoms with van der Waals surface area (Å²) in [7, 11) is 2.04. The Morgan fingerprint density at radius 3 is 2.67 bits per heavy atom. The molecule has 0 amide bonds. The molecule has 1 aromatic heterocycles. The van der Waals surface area contributed by atoms with Gasteiger partial charge in [0.15, 0.2) is 0 Å². The summed E-state index contributed by atoms with van der Waals surface area (Å²) in [6.07, 6.45) is 18.6. The van der Waals surface area contributed by atoms with E-state index in [2.05, 4.69) is 36.3 Å². The second kappa shape index (κ2) is 7.27. The van der Waals surface area contributed by atoms with Gasteiger partial charge in [-0.05, 0) is 18.9 Å². The van der Waals surface area contributed by atoms with Crippen molar-refractivity contribution in [3.8, 4) is 0 Å². The molecule has 0 unspecified atom stereocenters. The largest absolute Gasteiger partial charge is 0.248 e. The summed E-state index contributed by atoms with van der Waals surface area (Å²) >= 11 is 0. The number of imidazole rings is 1. The van der Waals surface area contributed by atoms with Crippen molar-refractivity contribution in [3.63, 3.8) is 0 Å². The summed E-state index contributed by atoms with van der Waals surface area (Å²) in [5.41, 5.74) is 0. The molecule has 0 bridgehead atoms. The van der Waals surface area contributed by atoms with Crippen LogP contribution >= 0.6 is 0 Å².